The number of anilines is 1. The highest BCUT2D eigenvalue weighted by molar-refractivity contribution is 5.93. The van der Waals surface area contributed by atoms with Gasteiger partial charge in [-0.1, -0.05) is 18.2 Å². The van der Waals surface area contributed by atoms with E-state index >= 15 is 0 Å². The number of rotatable bonds is 2. The van der Waals surface area contributed by atoms with Crippen LogP contribution in [0.15, 0.2) is 30.3 Å². The Hall–Kier alpha value is -1.35. The van der Waals surface area contributed by atoms with Gasteiger partial charge in [0.2, 0.25) is 0 Å². The van der Waals surface area contributed by atoms with E-state index in [1.807, 2.05) is 30.3 Å². The Kier molecular flexibility index (Phi) is 3.02. The van der Waals surface area contributed by atoms with E-state index in [0.29, 0.717) is 0 Å². The number of amides is 1. The van der Waals surface area contributed by atoms with E-state index in [4.69, 9.17) is 0 Å². The van der Waals surface area contributed by atoms with Crippen molar-refractivity contribution in [2.45, 2.75) is 18.9 Å². The van der Waals surface area contributed by atoms with Crippen LogP contribution in [0, 0.1) is 0 Å². The summed E-state index contributed by atoms with van der Waals surface area (Å²) < 4.78 is 0. The summed E-state index contributed by atoms with van der Waals surface area (Å²) in [5.41, 5.74) is 0.891. The normalized spacial score (nSPS) is 25.1. The molecule has 3 heteroatoms. The molecular formula is C12H17N2O+. The Bertz CT molecular complexity index is 337. The maximum absolute atomic E-state index is 11.9. The lowest BCUT2D eigenvalue weighted by atomic mass is 10.2. The molecule has 15 heavy (non-hydrogen) atoms. The smallest absolute Gasteiger partial charge is 0.282 e. The van der Waals surface area contributed by atoms with Gasteiger partial charge in [-0.25, -0.2) is 0 Å². The van der Waals surface area contributed by atoms with Crippen molar-refractivity contribution in [3.8, 4) is 0 Å². The first kappa shape index (κ1) is 10.2. The number of para-hydroxylation sites is 1. The molecule has 1 aromatic rings. The summed E-state index contributed by atoms with van der Waals surface area (Å²) in [4.78, 5) is 13.2. The van der Waals surface area contributed by atoms with Gasteiger partial charge in [-0.15, -0.1) is 0 Å². The van der Waals surface area contributed by atoms with E-state index in [9.17, 15) is 4.79 Å². The van der Waals surface area contributed by atoms with Gasteiger partial charge in [-0.05, 0) is 12.1 Å². The van der Waals surface area contributed by atoms with Gasteiger partial charge < -0.3 is 10.2 Å². The number of hydrogen-bond donors (Lipinski definition) is 2. The zero-order valence-corrected chi connectivity index (χ0v) is 8.99. The van der Waals surface area contributed by atoms with Gasteiger partial charge in [0.15, 0.2) is 6.04 Å². The summed E-state index contributed by atoms with van der Waals surface area (Å²) in [5, 5.41) is 2.95. The van der Waals surface area contributed by atoms with Crippen LogP contribution in [0.4, 0.5) is 5.69 Å². The lowest BCUT2D eigenvalue weighted by Crippen LogP contribution is -3.12. The van der Waals surface area contributed by atoms with Crippen molar-refractivity contribution in [3.63, 3.8) is 0 Å². The predicted molar refractivity (Wildman–Crippen MR) is 59.8 cm³/mol. The molecule has 1 amide bonds. The van der Waals surface area contributed by atoms with Crippen molar-refractivity contribution < 1.29 is 9.69 Å². The number of quaternary nitrogens is 1. The van der Waals surface area contributed by atoms with E-state index in [1.54, 1.807) is 0 Å². The largest absolute Gasteiger partial charge is 0.327 e. The van der Waals surface area contributed by atoms with Crippen molar-refractivity contribution in [2.24, 2.45) is 0 Å². The zero-order valence-electron chi connectivity index (χ0n) is 8.99. The molecule has 0 aromatic heterocycles. The fourth-order valence-corrected chi connectivity index (χ4v) is 2.11. The van der Waals surface area contributed by atoms with Gasteiger partial charge in [0.1, 0.15) is 0 Å². The molecule has 0 aliphatic carbocycles. The van der Waals surface area contributed by atoms with Gasteiger partial charge >= 0.3 is 0 Å². The maximum atomic E-state index is 11.9. The van der Waals surface area contributed by atoms with E-state index in [-0.39, 0.29) is 11.9 Å². The van der Waals surface area contributed by atoms with Gasteiger partial charge in [0.25, 0.3) is 5.91 Å². The van der Waals surface area contributed by atoms with E-state index in [1.165, 1.54) is 4.90 Å². The fourth-order valence-electron chi connectivity index (χ4n) is 2.11. The second-order valence-corrected chi connectivity index (χ2v) is 4.15. The molecular weight excluding hydrogens is 188 g/mol. The van der Waals surface area contributed by atoms with Crippen LogP contribution >= 0.6 is 0 Å². The van der Waals surface area contributed by atoms with Crippen LogP contribution < -0.4 is 10.2 Å². The second-order valence-electron chi connectivity index (χ2n) is 4.15. The number of likely N-dealkylation sites (tertiary alicyclic amines) is 1. The number of nitrogens with one attached hydrogen (secondary N) is 2. The van der Waals surface area contributed by atoms with Gasteiger partial charge in [0.05, 0.1) is 13.6 Å². The van der Waals surface area contributed by atoms with Gasteiger partial charge in [0, 0.05) is 18.5 Å². The lowest BCUT2D eigenvalue weighted by molar-refractivity contribution is -0.882. The Morgan fingerprint density at radius 2 is 2.13 bits per heavy atom. The van der Waals surface area contributed by atoms with Crippen LogP contribution in [0.3, 0.4) is 0 Å². The van der Waals surface area contributed by atoms with E-state index in [2.05, 4.69) is 12.4 Å². The number of hydrogen-bond acceptors (Lipinski definition) is 1. The molecule has 2 N–H and O–H groups in total. The van der Waals surface area contributed by atoms with Gasteiger partial charge in [-0.3, -0.25) is 4.79 Å². The van der Waals surface area contributed by atoms with E-state index in [0.717, 1.165) is 25.1 Å². The average Bonchev–Trinajstić information content (AvgIpc) is 2.66. The molecule has 1 saturated heterocycles. The van der Waals surface area contributed by atoms with Crippen LogP contribution in [0.5, 0.6) is 0 Å². The zero-order chi connectivity index (χ0) is 10.7. The topological polar surface area (TPSA) is 33.5 Å². The first-order chi connectivity index (χ1) is 7.27. The fraction of sp³-hybridized carbons (Fsp3) is 0.417. The van der Waals surface area contributed by atoms with E-state index < -0.39 is 0 Å². The molecule has 2 unspecified atom stereocenters. The van der Waals surface area contributed by atoms with Crippen molar-refractivity contribution in [3.05, 3.63) is 30.3 Å². The number of benzene rings is 1. The Balaban J connectivity index is 1.98. The molecule has 2 atom stereocenters. The summed E-state index contributed by atoms with van der Waals surface area (Å²) >= 11 is 0. The predicted octanol–water partition coefficient (Wildman–Crippen LogP) is 0.302. The SMILES string of the molecule is C[NH+]1CCCC1C(=O)Nc1ccccc1. The molecule has 0 bridgehead atoms. The molecule has 80 valence electrons. The van der Waals surface area contributed by atoms with Crippen LogP contribution in [0.1, 0.15) is 12.8 Å². The Morgan fingerprint density at radius 1 is 1.40 bits per heavy atom. The first-order valence-corrected chi connectivity index (χ1v) is 5.45. The third-order valence-electron chi connectivity index (χ3n) is 3.02. The maximum Gasteiger partial charge on any atom is 0.282 e. The molecule has 0 saturated carbocycles. The van der Waals surface area contributed by atoms with Gasteiger partial charge in [-0.2, -0.15) is 0 Å². The molecule has 0 spiro atoms. The minimum atomic E-state index is 0.130. The average molecular weight is 205 g/mol. The second kappa shape index (κ2) is 4.45. The van der Waals surface area contributed by atoms with Crippen LogP contribution in [0.25, 0.3) is 0 Å². The number of likely N-dealkylation sites (N-methyl/N-ethyl adjacent to an activating group) is 1. The quantitative estimate of drug-likeness (QED) is 0.715. The summed E-state index contributed by atoms with van der Waals surface area (Å²) in [6.07, 6.45) is 2.16. The Labute approximate surface area is 90.1 Å². The minimum absolute atomic E-state index is 0.130. The molecule has 1 aromatic carbocycles. The van der Waals surface area contributed by atoms with Crippen LogP contribution in [0.2, 0.25) is 0 Å². The molecule has 1 aliphatic rings. The first-order valence-electron chi connectivity index (χ1n) is 5.45. The van der Waals surface area contributed by atoms with Crippen molar-refractivity contribution >= 4 is 11.6 Å². The lowest BCUT2D eigenvalue weighted by Gasteiger charge is -2.15. The molecule has 2 rings (SSSR count). The summed E-state index contributed by atoms with van der Waals surface area (Å²) in [6, 6.07) is 9.78. The van der Waals surface area contributed by atoms with Crippen molar-refractivity contribution in [2.75, 3.05) is 18.9 Å². The molecule has 1 fully saturated rings. The summed E-state index contributed by atoms with van der Waals surface area (Å²) in [7, 11) is 2.09. The highest BCUT2D eigenvalue weighted by atomic mass is 16.2. The third-order valence-corrected chi connectivity index (χ3v) is 3.02. The third kappa shape index (κ3) is 2.36. The van der Waals surface area contributed by atoms with Crippen LogP contribution in [-0.4, -0.2) is 25.5 Å². The molecule has 3 nitrogen and oxygen atoms in total. The highest BCUT2D eigenvalue weighted by Gasteiger charge is 2.31. The summed E-state index contributed by atoms with van der Waals surface area (Å²) in [5.74, 6) is 0.149. The number of carbonyl (C=O) groups is 1. The standard InChI is InChI=1S/C12H16N2O/c1-14-9-5-8-11(14)12(15)13-10-6-3-2-4-7-10/h2-4,6-7,11H,5,8-9H2,1H3,(H,13,15)/p+1. The molecule has 0 radical (unpaired) electrons. The van der Waals surface area contributed by atoms with Crippen molar-refractivity contribution in [1.29, 1.82) is 0 Å². The highest BCUT2D eigenvalue weighted by Crippen LogP contribution is 2.07. The Morgan fingerprint density at radius 3 is 2.73 bits per heavy atom. The molecule has 1 aliphatic heterocycles. The molecule has 1 heterocycles. The van der Waals surface area contributed by atoms with Crippen molar-refractivity contribution in [1.82, 2.24) is 0 Å². The summed E-state index contributed by atoms with van der Waals surface area (Å²) in [6.45, 7) is 1.10. The number of carbonyl (C=O) groups excluding carboxylic acids is 1. The van der Waals surface area contributed by atoms with Crippen LogP contribution in [-0.2, 0) is 4.79 Å². The minimum Gasteiger partial charge on any atom is -0.327 e. The monoisotopic (exact) mass is 205 g/mol.